The number of hydrogen-bond acceptors (Lipinski definition) is 2. The van der Waals surface area contributed by atoms with E-state index in [0.717, 1.165) is 5.69 Å². The zero-order chi connectivity index (χ0) is 13.5. The largest absolute Gasteiger partial charge is 0.336 e. The number of rotatable bonds is 4. The second kappa shape index (κ2) is 6.64. The van der Waals surface area contributed by atoms with E-state index in [2.05, 4.69) is 16.0 Å². The third kappa shape index (κ3) is 4.86. The lowest BCUT2D eigenvalue weighted by atomic mass is 10.2. The number of nitrogens with one attached hydrogen (secondary N) is 3. The third-order valence-corrected chi connectivity index (χ3v) is 2.17. The van der Waals surface area contributed by atoms with Crippen LogP contribution in [-0.4, -0.2) is 18.0 Å². The number of benzene rings is 1. The molecule has 0 heterocycles. The maximum Gasteiger partial charge on any atom is 0.319 e. The summed E-state index contributed by atoms with van der Waals surface area (Å²) < 4.78 is 0. The van der Waals surface area contributed by atoms with Crippen molar-refractivity contribution in [1.29, 1.82) is 0 Å². The fourth-order valence-corrected chi connectivity index (χ4v) is 1.32. The fraction of sp³-hybridized carbons (Fsp3) is 0.385. The quantitative estimate of drug-likeness (QED) is 0.767. The fourth-order valence-electron chi connectivity index (χ4n) is 1.32. The van der Waals surface area contributed by atoms with Gasteiger partial charge in [0.05, 0.1) is 0 Å². The zero-order valence-corrected chi connectivity index (χ0v) is 10.9. The van der Waals surface area contributed by atoms with Crippen molar-refractivity contribution in [1.82, 2.24) is 5.32 Å². The first-order valence-corrected chi connectivity index (χ1v) is 5.98. The Morgan fingerprint density at radius 1 is 1.06 bits per heavy atom. The van der Waals surface area contributed by atoms with Crippen LogP contribution in [0.25, 0.3) is 0 Å². The van der Waals surface area contributed by atoms with Crippen LogP contribution < -0.4 is 16.0 Å². The first kappa shape index (κ1) is 14.0. The molecule has 1 aromatic rings. The highest BCUT2D eigenvalue weighted by Crippen LogP contribution is 2.13. The molecule has 18 heavy (non-hydrogen) atoms. The Bertz CT molecular complexity index is 413. The van der Waals surface area contributed by atoms with Gasteiger partial charge in [-0.3, -0.25) is 4.79 Å². The highest BCUT2D eigenvalue weighted by atomic mass is 16.2. The smallest absolute Gasteiger partial charge is 0.319 e. The molecule has 0 unspecified atom stereocenters. The van der Waals surface area contributed by atoms with Gasteiger partial charge in [0, 0.05) is 23.8 Å². The van der Waals surface area contributed by atoms with Crippen LogP contribution in [0.5, 0.6) is 0 Å². The molecule has 0 saturated heterocycles. The van der Waals surface area contributed by atoms with Crippen molar-refractivity contribution in [3.8, 4) is 0 Å². The highest BCUT2D eigenvalue weighted by molar-refractivity contribution is 5.92. The summed E-state index contributed by atoms with van der Waals surface area (Å²) in [5.74, 6) is -0.0340. The molecule has 0 atom stereocenters. The summed E-state index contributed by atoms with van der Waals surface area (Å²) in [7, 11) is 0. The molecule has 0 spiro atoms. The van der Waals surface area contributed by atoms with Gasteiger partial charge >= 0.3 is 6.03 Å². The summed E-state index contributed by atoms with van der Waals surface area (Å²) in [4.78, 5) is 22.6. The molecule has 3 amide bonds. The van der Waals surface area contributed by atoms with Crippen molar-refractivity contribution in [2.45, 2.75) is 33.2 Å². The molecule has 0 fully saturated rings. The molecule has 0 radical (unpaired) electrons. The number of hydrogen-bond donors (Lipinski definition) is 3. The Hall–Kier alpha value is -2.04. The monoisotopic (exact) mass is 249 g/mol. The number of carbonyl (C=O) groups excluding carboxylic acids is 2. The predicted molar refractivity (Wildman–Crippen MR) is 72.7 cm³/mol. The van der Waals surface area contributed by atoms with Crippen LogP contribution in [0.1, 0.15) is 27.2 Å². The van der Waals surface area contributed by atoms with E-state index in [1.165, 1.54) is 0 Å². The van der Waals surface area contributed by atoms with Crippen LogP contribution in [0.2, 0.25) is 0 Å². The zero-order valence-electron chi connectivity index (χ0n) is 10.9. The van der Waals surface area contributed by atoms with Gasteiger partial charge in [-0.15, -0.1) is 0 Å². The molecule has 0 saturated carbocycles. The van der Waals surface area contributed by atoms with Gasteiger partial charge in [0.1, 0.15) is 0 Å². The lowest BCUT2D eigenvalue weighted by Gasteiger charge is -2.10. The minimum Gasteiger partial charge on any atom is -0.336 e. The average molecular weight is 249 g/mol. The number of anilines is 2. The van der Waals surface area contributed by atoms with E-state index in [4.69, 9.17) is 0 Å². The van der Waals surface area contributed by atoms with Gasteiger partial charge in [-0.2, -0.15) is 0 Å². The Morgan fingerprint density at radius 2 is 1.56 bits per heavy atom. The molecule has 5 heteroatoms. The molecule has 0 aromatic heterocycles. The first-order valence-electron chi connectivity index (χ1n) is 5.98. The van der Waals surface area contributed by atoms with Crippen LogP contribution >= 0.6 is 0 Å². The molecule has 1 aromatic carbocycles. The second-order valence-electron chi connectivity index (χ2n) is 4.23. The van der Waals surface area contributed by atoms with Gasteiger partial charge < -0.3 is 16.0 Å². The molecular formula is C13H19N3O2. The van der Waals surface area contributed by atoms with Crippen molar-refractivity contribution in [2.24, 2.45) is 0 Å². The van der Waals surface area contributed by atoms with Crippen LogP contribution in [0.3, 0.4) is 0 Å². The van der Waals surface area contributed by atoms with Gasteiger partial charge in [-0.1, -0.05) is 6.92 Å². The standard InChI is InChI=1S/C13H19N3O2/c1-4-12(17)15-10-5-7-11(8-6-10)16-13(18)14-9(2)3/h5-9H,4H2,1-3H3,(H,15,17)(H2,14,16,18). The van der Waals surface area contributed by atoms with Gasteiger partial charge in [0.15, 0.2) is 0 Å². The van der Waals surface area contributed by atoms with Crippen LogP contribution in [0.4, 0.5) is 16.2 Å². The highest BCUT2D eigenvalue weighted by Gasteiger charge is 2.03. The van der Waals surface area contributed by atoms with E-state index >= 15 is 0 Å². The maximum atomic E-state index is 11.4. The lowest BCUT2D eigenvalue weighted by molar-refractivity contribution is -0.115. The lowest BCUT2D eigenvalue weighted by Crippen LogP contribution is -2.34. The van der Waals surface area contributed by atoms with Crippen LogP contribution in [0.15, 0.2) is 24.3 Å². The SMILES string of the molecule is CCC(=O)Nc1ccc(NC(=O)NC(C)C)cc1. The topological polar surface area (TPSA) is 70.2 Å². The molecule has 98 valence electrons. The van der Waals surface area contributed by atoms with Gasteiger partial charge in [0.25, 0.3) is 0 Å². The normalized spacial score (nSPS) is 10.0. The molecule has 0 bridgehead atoms. The van der Waals surface area contributed by atoms with Crippen molar-refractivity contribution in [3.63, 3.8) is 0 Å². The number of urea groups is 1. The van der Waals surface area contributed by atoms with E-state index in [9.17, 15) is 9.59 Å². The summed E-state index contributed by atoms with van der Waals surface area (Å²) in [6.07, 6.45) is 0.441. The summed E-state index contributed by atoms with van der Waals surface area (Å²) in [5, 5.41) is 8.17. The third-order valence-electron chi connectivity index (χ3n) is 2.17. The molecule has 3 N–H and O–H groups in total. The first-order chi connectivity index (χ1) is 8.51. The van der Waals surface area contributed by atoms with Crippen molar-refractivity contribution in [2.75, 3.05) is 10.6 Å². The maximum absolute atomic E-state index is 11.4. The summed E-state index contributed by atoms with van der Waals surface area (Å²) in [6.45, 7) is 5.58. The minimum atomic E-state index is -0.240. The Labute approximate surface area is 107 Å². The van der Waals surface area contributed by atoms with Gasteiger partial charge in [-0.05, 0) is 38.1 Å². The van der Waals surface area contributed by atoms with Crippen molar-refractivity contribution in [3.05, 3.63) is 24.3 Å². The number of amides is 3. The Kier molecular flexibility index (Phi) is 5.17. The molecular weight excluding hydrogens is 230 g/mol. The van der Waals surface area contributed by atoms with Crippen molar-refractivity contribution >= 4 is 23.3 Å². The molecule has 0 aliphatic heterocycles. The van der Waals surface area contributed by atoms with E-state index < -0.39 is 0 Å². The Morgan fingerprint density at radius 3 is 2.00 bits per heavy atom. The van der Waals surface area contributed by atoms with E-state index in [1.807, 2.05) is 13.8 Å². The molecule has 1 rings (SSSR count). The summed E-state index contributed by atoms with van der Waals surface area (Å²) >= 11 is 0. The molecule has 0 aliphatic carbocycles. The molecule has 5 nitrogen and oxygen atoms in total. The average Bonchev–Trinajstić information content (AvgIpc) is 2.30. The van der Waals surface area contributed by atoms with E-state index in [0.29, 0.717) is 12.1 Å². The van der Waals surface area contributed by atoms with E-state index in [-0.39, 0.29) is 18.0 Å². The molecule has 0 aliphatic rings. The second-order valence-corrected chi connectivity index (χ2v) is 4.23. The van der Waals surface area contributed by atoms with Gasteiger partial charge in [0.2, 0.25) is 5.91 Å². The van der Waals surface area contributed by atoms with Crippen LogP contribution in [-0.2, 0) is 4.79 Å². The van der Waals surface area contributed by atoms with Crippen LogP contribution in [0, 0.1) is 0 Å². The predicted octanol–water partition coefficient (Wildman–Crippen LogP) is 2.57. The minimum absolute atomic E-state index is 0.0340. The number of carbonyl (C=O) groups is 2. The van der Waals surface area contributed by atoms with Gasteiger partial charge in [-0.25, -0.2) is 4.79 Å². The van der Waals surface area contributed by atoms with E-state index in [1.54, 1.807) is 31.2 Å². The van der Waals surface area contributed by atoms with Crippen molar-refractivity contribution < 1.29 is 9.59 Å². The summed E-state index contributed by atoms with van der Waals surface area (Å²) in [6, 6.07) is 6.83. The Balaban J connectivity index is 2.55. The summed E-state index contributed by atoms with van der Waals surface area (Å²) in [5.41, 5.74) is 1.40.